The van der Waals surface area contributed by atoms with Gasteiger partial charge in [0.15, 0.2) is 0 Å². The molecule has 3 rings (SSSR count). The van der Waals surface area contributed by atoms with E-state index in [1.165, 1.54) is 31.4 Å². The molecule has 0 aliphatic carbocycles. The molecule has 6 nitrogen and oxygen atoms in total. The summed E-state index contributed by atoms with van der Waals surface area (Å²) in [5, 5.41) is 5.69. The second-order valence-corrected chi connectivity index (χ2v) is 7.94. The maximum absolute atomic E-state index is 13.1. The Kier molecular flexibility index (Phi) is 6.50. The molecule has 0 spiro atoms. The second-order valence-electron chi connectivity index (χ2n) is 6.91. The number of hydrogen-bond donors (Lipinski definition) is 2. The fourth-order valence-corrected chi connectivity index (χ4v) is 4.09. The Hall–Kier alpha value is -3.52. The van der Waals surface area contributed by atoms with Crippen LogP contribution in [0.3, 0.4) is 0 Å². The number of aryl methyl sites for hydroxylation is 1. The molecule has 160 valence electrons. The molecule has 1 heterocycles. The van der Waals surface area contributed by atoms with Crippen molar-refractivity contribution in [3.05, 3.63) is 81.0 Å². The number of anilines is 2. The Morgan fingerprint density at radius 1 is 0.903 bits per heavy atom. The molecule has 0 unspecified atom stereocenters. The molecule has 0 fully saturated rings. The minimum absolute atomic E-state index is 0.106. The third-order valence-electron chi connectivity index (χ3n) is 4.93. The molecule has 2 aromatic carbocycles. The molecule has 0 atom stereocenters. The van der Waals surface area contributed by atoms with Crippen LogP contribution < -0.4 is 10.6 Å². The highest BCUT2D eigenvalue weighted by Crippen LogP contribution is 2.35. The lowest BCUT2D eigenvalue weighted by Gasteiger charge is -2.10. The van der Waals surface area contributed by atoms with E-state index in [0.717, 1.165) is 22.5 Å². The van der Waals surface area contributed by atoms with Crippen LogP contribution in [-0.4, -0.2) is 24.9 Å². The van der Waals surface area contributed by atoms with E-state index in [2.05, 4.69) is 10.6 Å². The molecule has 31 heavy (non-hydrogen) atoms. The van der Waals surface area contributed by atoms with Crippen molar-refractivity contribution < 1.29 is 23.5 Å². The zero-order chi connectivity index (χ0) is 22.7. The molecule has 2 amide bonds. The van der Waals surface area contributed by atoms with Gasteiger partial charge in [-0.3, -0.25) is 9.59 Å². The van der Waals surface area contributed by atoms with E-state index in [4.69, 9.17) is 4.74 Å². The lowest BCUT2D eigenvalue weighted by atomic mass is 10.1. The van der Waals surface area contributed by atoms with Gasteiger partial charge in [-0.25, -0.2) is 9.18 Å². The van der Waals surface area contributed by atoms with Gasteiger partial charge in [0.2, 0.25) is 0 Å². The number of methoxy groups -OCH3 is 1. The van der Waals surface area contributed by atoms with E-state index in [-0.39, 0.29) is 21.0 Å². The number of nitrogens with one attached hydrogen (secondary N) is 2. The molecule has 3 aromatic rings. The van der Waals surface area contributed by atoms with E-state index < -0.39 is 23.6 Å². The Balaban J connectivity index is 1.95. The van der Waals surface area contributed by atoms with E-state index in [1.807, 2.05) is 26.0 Å². The number of halogens is 1. The summed E-state index contributed by atoms with van der Waals surface area (Å²) in [4.78, 5) is 38.2. The van der Waals surface area contributed by atoms with Crippen LogP contribution in [0, 0.1) is 26.6 Å². The summed E-state index contributed by atoms with van der Waals surface area (Å²) < 4.78 is 18.0. The summed E-state index contributed by atoms with van der Waals surface area (Å²) in [6.45, 7) is 5.47. The molecule has 1 aromatic heterocycles. The van der Waals surface area contributed by atoms with E-state index in [9.17, 15) is 18.8 Å². The van der Waals surface area contributed by atoms with Gasteiger partial charge in [-0.05, 0) is 67.8 Å². The van der Waals surface area contributed by atoms with Gasteiger partial charge in [-0.2, -0.15) is 0 Å². The molecule has 8 heteroatoms. The van der Waals surface area contributed by atoms with Crippen LogP contribution in [-0.2, 0) is 4.74 Å². The number of carbonyl (C=O) groups excluding carboxylic acids is 3. The first-order valence-electron chi connectivity index (χ1n) is 9.39. The highest BCUT2D eigenvalue weighted by molar-refractivity contribution is 7.19. The normalized spacial score (nSPS) is 10.5. The Bertz CT molecular complexity index is 1170. The summed E-state index contributed by atoms with van der Waals surface area (Å²) in [6, 6.07) is 10.6. The number of esters is 1. The predicted molar refractivity (Wildman–Crippen MR) is 119 cm³/mol. The van der Waals surface area contributed by atoms with Crippen LogP contribution in [0.5, 0.6) is 0 Å². The van der Waals surface area contributed by atoms with Crippen molar-refractivity contribution >= 4 is 39.8 Å². The Morgan fingerprint density at radius 3 is 2.23 bits per heavy atom. The monoisotopic (exact) mass is 440 g/mol. The Labute approximate surface area is 183 Å². The number of hydrogen-bond acceptors (Lipinski definition) is 5. The zero-order valence-corrected chi connectivity index (χ0v) is 18.3. The van der Waals surface area contributed by atoms with E-state index in [1.54, 1.807) is 13.0 Å². The molecular weight excluding hydrogens is 419 g/mol. The molecule has 0 saturated carbocycles. The number of thiophene rings is 1. The van der Waals surface area contributed by atoms with Gasteiger partial charge in [0, 0.05) is 11.3 Å². The third-order valence-corrected chi connectivity index (χ3v) is 6.13. The standard InChI is InChI=1S/C23H21FN2O4S/c1-12-6-5-7-17(13(12)2)25-21(28)19-14(3)18(23(29)30-4)22(31-19)26-20(27)15-8-10-16(24)11-9-15/h5-11H,1-4H3,(H,25,28)(H,26,27). The number of carbonyl (C=O) groups is 3. The van der Waals surface area contributed by atoms with Crippen molar-refractivity contribution in [2.75, 3.05) is 17.7 Å². The first-order chi connectivity index (χ1) is 14.7. The van der Waals surface area contributed by atoms with Crippen molar-refractivity contribution in [3.63, 3.8) is 0 Å². The van der Waals surface area contributed by atoms with Crippen LogP contribution >= 0.6 is 11.3 Å². The second kappa shape index (κ2) is 9.09. The molecule has 0 radical (unpaired) electrons. The van der Waals surface area contributed by atoms with Gasteiger partial charge in [-0.15, -0.1) is 11.3 Å². The van der Waals surface area contributed by atoms with Crippen molar-refractivity contribution in [2.45, 2.75) is 20.8 Å². The van der Waals surface area contributed by atoms with Gasteiger partial charge < -0.3 is 15.4 Å². The maximum Gasteiger partial charge on any atom is 0.341 e. The van der Waals surface area contributed by atoms with Crippen molar-refractivity contribution in [1.29, 1.82) is 0 Å². The van der Waals surface area contributed by atoms with Crippen LogP contribution in [0.2, 0.25) is 0 Å². The number of amides is 2. The van der Waals surface area contributed by atoms with Gasteiger partial charge in [-0.1, -0.05) is 12.1 Å². The molecular formula is C23H21FN2O4S. The number of benzene rings is 2. The van der Waals surface area contributed by atoms with Gasteiger partial charge in [0.05, 0.1) is 17.6 Å². The van der Waals surface area contributed by atoms with Crippen LogP contribution in [0.15, 0.2) is 42.5 Å². The SMILES string of the molecule is COC(=O)c1c(NC(=O)c2ccc(F)cc2)sc(C(=O)Nc2cccc(C)c2C)c1C. The summed E-state index contributed by atoms with van der Waals surface area (Å²) in [5.41, 5.74) is 3.34. The fourth-order valence-electron chi connectivity index (χ4n) is 3.01. The average molecular weight is 440 g/mol. The smallest absolute Gasteiger partial charge is 0.341 e. The van der Waals surface area contributed by atoms with Crippen LogP contribution in [0.25, 0.3) is 0 Å². The minimum atomic E-state index is -0.672. The summed E-state index contributed by atoms with van der Waals surface area (Å²) >= 11 is 0.974. The van der Waals surface area contributed by atoms with Crippen molar-refractivity contribution in [3.8, 4) is 0 Å². The number of ether oxygens (including phenoxy) is 1. The molecule has 0 aliphatic rings. The van der Waals surface area contributed by atoms with Gasteiger partial charge >= 0.3 is 5.97 Å². The lowest BCUT2D eigenvalue weighted by Crippen LogP contribution is -2.14. The lowest BCUT2D eigenvalue weighted by molar-refractivity contribution is 0.0601. The molecule has 0 aliphatic heterocycles. The molecule has 0 bridgehead atoms. The first kappa shape index (κ1) is 22.2. The average Bonchev–Trinajstić information content (AvgIpc) is 3.07. The topological polar surface area (TPSA) is 84.5 Å². The minimum Gasteiger partial charge on any atom is -0.465 e. The fraction of sp³-hybridized carbons (Fsp3) is 0.174. The van der Waals surface area contributed by atoms with E-state index >= 15 is 0 Å². The van der Waals surface area contributed by atoms with Crippen molar-refractivity contribution in [2.24, 2.45) is 0 Å². The largest absolute Gasteiger partial charge is 0.465 e. The highest BCUT2D eigenvalue weighted by Gasteiger charge is 2.27. The van der Waals surface area contributed by atoms with Crippen LogP contribution in [0.1, 0.15) is 47.1 Å². The molecule has 0 saturated heterocycles. The third kappa shape index (κ3) is 4.64. The maximum atomic E-state index is 13.1. The first-order valence-corrected chi connectivity index (χ1v) is 10.2. The van der Waals surface area contributed by atoms with Crippen molar-refractivity contribution in [1.82, 2.24) is 0 Å². The van der Waals surface area contributed by atoms with E-state index in [0.29, 0.717) is 11.3 Å². The summed E-state index contributed by atoms with van der Waals surface area (Å²) in [7, 11) is 1.22. The predicted octanol–water partition coefficient (Wildman–Crippen LogP) is 5.10. The highest BCUT2D eigenvalue weighted by atomic mass is 32.1. The van der Waals surface area contributed by atoms with Crippen LogP contribution in [0.4, 0.5) is 15.1 Å². The zero-order valence-electron chi connectivity index (χ0n) is 17.5. The van der Waals surface area contributed by atoms with Gasteiger partial charge in [0.1, 0.15) is 10.8 Å². The quantitative estimate of drug-likeness (QED) is 0.541. The number of rotatable bonds is 5. The Morgan fingerprint density at radius 2 is 1.58 bits per heavy atom. The van der Waals surface area contributed by atoms with Gasteiger partial charge in [0.25, 0.3) is 11.8 Å². The summed E-state index contributed by atoms with van der Waals surface area (Å²) in [5.74, 6) is -2.07. The molecule has 2 N–H and O–H groups in total. The summed E-state index contributed by atoms with van der Waals surface area (Å²) in [6.07, 6.45) is 0.